The summed E-state index contributed by atoms with van der Waals surface area (Å²) in [5.41, 5.74) is 0.455. The van der Waals surface area contributed by atoms with Gasteiger partial charge in [-0.25, -0.2) is 4.79 Å². The molecule has 0 saturated carbocycles. The molecule has 1 aliphatic rings. The Kier molecular flexibility index (Phi) is 4.95. The number of nitrogens with zero attached hydrogens (tertiary/aromatic N) is 1. The molecule has 8 heteroatoms. The van der Waals surface area contributed by atoms with Crippen LogP contribution in [0.3, 0.4) is 0 Å². The highest BCUT2D eigenvalue weighted by molar-refractivity contribution is 8.18. The Bertz CT molecular complexity index is 699. The predicted molar refractivity (Wildman–Crippen MR) is 84.5 cm³/mol. The first kappa shape index (κ1) is 16.9. The fraction of sp³-hybridized carbons (Fsp3) is 0.267. The zero-order chi connectivity index (χ0) is 17.1. The topological polar surface area (TPSA) is 93.1 Å². The Morgan fingerprint density at radius 1 is 1.39 bits per heavy atom. The van der Waals surface area contributed by atoms with Gasteiger partial charge in [-0.05, 0) is 30.8 Å². The van der Waals surface area contributed by atoms with Crippen molar-refractivity contribution < 1.29 is 29.0 Å². The molecule has 1 heterocycles. The number of methoxy groups -OCH3 is 1. The minimum absolute atomic E-state index is 0.202. The van der Waals surface area contributed by atoms with E-state index in [0.29, 0.717) is 11.3 Å². The van der Waals surface area contributed by atoms with E-state index in [1.807, 2.05) is 0 Å². The van der Waals surface area contributed by atoms with Crippen molar-refractivity contribution in [2.75, 3.05) is 14.2 Å². The second-order valence-corrected chi connectivity index (χ2v) is 5.71. The largest absolute Gasteiger partial charge is 0.493 e. The number of aliphatic carboxylic acids is 1. The van der Waals surface area contributed by atoms with Gasteiger partial charge in [-0.3, -0.25) is 14.5 Å². The summed E-state index contributed by atoms with van der Waals surface area (Å²) in [6.07, 6.45) is 0.389. The van der Waals surface area contributed by atoms with E-state index in [-0.39, 0.29) is 15.9 Å². The molecule has 0 spiro atoms. The molecule has 1 aromatic carbocycles. The molecule has 0 aliphatic carbocycles. The van der Waals surface area contributed by atoms with Crippen LogP contribution in [0.1, 0.15) is 12.5 Å². The van der Waals surface area contributed by atoms with Gasteiger partial charge in [-0.1, -0.05) is 12.1 Å². The monoisotopic (exact) mass is 337 g/mol. The minimum Gasteiger partial charge on any atom is -0.493 e. The van der Waals surface area contributed by atoms with Crippen LogP contribution in [0.4, 0.5) is 4.79 Å². The summed E-state index contributed by atoms with van der Waals surface area (Å²) >= 11 is 0.810. The van der Waals surface area contributed by atoms with Gasteiger partial charge in [0.25, 0.3) is 11.1 Å². The van der Waals surface area contributed by atoms with Crippen molar-refractivity contribution in [3.63, 3.8) is 0 Å². The number of likely N-dealkylation sites (N-methyl/N-ethyl adjacent to an activating group) is 1. The zero-order valence-electron chi connectivity index (χ0n) is 12.7. The smallest absolute Gasteiger partial charge is 0.344 e. The lowest BCUT2D eigenvalue weighted by molar-refractivity contribution is -0.144. The van der Waals surface area contributed by atoms with E-state index in [1.165, 1.54) is 27.2 Å². The Labute approximate surface area is 136 Å². The lowest BCUT2D eigenvalue weighted by atomic mass is 10.1. The number of carbonyl (C=O) groups is 3. The lowest BCUT2D eigenvalue weighted by Gasteiger charge is -2.16. The number of carboxylic acid groups (broad SMARTS) is 1. The highest BCUT2D eigenvalue weighted by atomic mass is 32.2. The summed E-state index contributed by atoms with van der Waals surface area (Å²) < 4.78 is 10.6. The Morgan fingerprint density at radius 2 is 2.09 bits per heavy atom. The second kappa shape index (κ2) is 6.74. The molecule has 1 saturated heterocycles. The second-order valence-electron chi connectivity index (χ2n) is 4.72. The molecule has 0 bridgehead atoms. The fourth-order valence-corrected chi connectivity index (χ4v) is 2.67. The van der Waals surface area contributed by atoms with Crippen LogP contribution in [0.2, 0.25) is 0 Å². The van der Waals surface area contributed by atoms with Crippen LogP contribution in [0, 0.1) is 0 Å². The van der Waals surface area contributed by atoms with Crippen LogP contribution < -0.4 is 9.47 Å². The van der Waals surface area contributed by atoms with Crippen LogP contribution in [0.15, 0.2) is 23.1 Å². The molecule has 1 fully saturated rings. The van der Waals surface area contributed by atoms with Crippen molar-refractivity contribution in [1.82, 2.24) is 4.90 Å². The number of carbonyl (C=O) groups excluding carboxylic acids is 2. The maximum absolute atomic E-state index is 12.0. The summed E-state index contributed by atoms with van der Waals surface area (Å²) in [5.74, 6) is -1.01. The minimum atomic E-state index is -1.13. The van der Waals surface area contributed by atoms with E-state index >= 15 is 0 Å². The third-order valence-corrected chi connectivity index (χ3v) is 4.11. The van der Waals surface area contributed by atoms with Gasteiger partial charge in [0.15, 0.2) is 17.6 Å². The maximum Gasteiger partial charge on any atom is 0.344 e. The summed E-state index contributed by atoms with van der Waals surface area (Å²) in [5, 5.41) is 8.63. The van der Waals surface area contributed by atoms with Gasteiger partial charge in [-0.15, -0.1) is 0 Å². The predicted octanol–water partition coefficient (Wildman–Crippen LogP) is 2.21. The molecule has 0 radical (unpaired) electrons. The SMILES string of the molecule is COc1cccc(/C=C2/SC(=O)N(C)C2=O)c1OC(C)C(=O)O. The first-order valence-electron chi connectivity index (χ1n) is 6.63. The molecule has 2 amide bonds. The average molecular weight is 337 g/mol. The van der Waals surface area contributed by atoms with Crippen LogP contribution in [0.5, 0.6) is 11.5 Å². The van der Waals surface area contributed by atoms with E-state index in [0.717, 1.165) is 16.7 Å². The van der Waals surface area contributed by atoms with Crippen LogP contribution >= 0.6 is 11.8 Å². The molecule has 1 atom stereocenters. The highest BCUT2D eigenvalue weighted by Crippen LogP contribution is 2.37. The summed E-state index contributed by atoms with van der Waals surface area (Å²) in [7, 11) is 2.82. The lowest BCUT2D eigenvalue weighted by Crippen LogP contribution is -2.23. The zero-order valence-corrected chi connectivity index (χ0v) is 13.5. The summed E-state index contributed by atoms with van der Waals surface area (Å²) in [6, 6.07) is 4.95. The number of thioether (sulfide) groups is 1. The van der Waals surface area contributed by atoms with Gasteiger partial charge in [-0.2, -0.15) is 0 Å². The Morgan fingerprint density at radius 3 is 2.61 bits per heavy atom. The van der Waals surface area contributed by atoms with Crippen LogP contribution in [-0.2, 0) is 9.59 Å². The molecule has 1 aliphatic heterocycles. The molecule has 122 valence electrons. The van der Waals surface area contributed by atoms with Crippen molar-refractivity contribution in [2.24, 2.45) is 0 Å². The first-order chi connectivity index (χ1) is 10.8. The highest BCUT2D eigenvalue weighted by Gasteiger charge is 2.32. The number of amides is 2. The number of hydrogen-bond donors (Lipinski definition) is 1. The fourth-order valence-electron chi connectivity index (χ4n) is 1.85. The molecule has 23 heavy (non-hydrogen) atoms. The van der Waals surface area contributed by atoms with Crippen molar-refractivity contribution >= 4 is 35.0 Å². The molecular formula is C15H15NO6S. The third kappa shape index (κ3) is 3.48. The first-order valence-corrected chi connectivity index (χ1v) is 7.44. The van der Waals surface area contributed by atoms with Crippen molar-refractivity contribution in [3.8, 4) is 11.5 Å². The van der Waals surface area contributed by atoms with Gasteiger partial charge in [0.1, 0.15) is 0 Å². The average Bonchev–Trinajstić information content (AvgIpc) is 2.75. The maximum atomic E-state index is 12.0. The van der Waals surface area contributed by atoms with Gasteiger partial charge in [0, 0.05) is 12.6 Å². The van der Waals surface area contributed by atoms with Gasteiger partial charge >= 0.3 is 5.97 Å². The molecule has 0 aromatic heterocycles. The quantitative estimate of drug-likeness (QED) is 0.823. The molecule has 1 N–H and O–H groups in total. The van der Waals surface area contributed by atoms with Crippen molar-refractivity contribution in [2.45, 2.75) is 13.0 Å². The van der Waals surface area contributed by atoms with E-state index in [1.54, 1.807) is 18.2 Å². The molecule has 1 unspecified atom stereocenters. The number of benzene rings is 1. The van der Waals surface area contributed by atoms with E-state index in [2.05, 4.69) is 0 Å². The Balaban J connectivity index is 2.44. The molecule has 1 aromatic rings. The standard InChI is InChI=1S/C15H15NO6S/c1-8(14(18)19)22-12-9(5-4-6-10(12)21-3)7-11-13(17)16(2)15(20)23-11/h4-8H,1-3H3,(H,18,19)/b11-7+. The number of para-hydroxylation sites is 1. The van der Waals surface area contributed by atoms with Crippen LogP contribution in [-0.4, -0.2) is 47.4 Å². The molecular weight excluding hydrogens is 322 g/mol. The van der Waals surface area contributed by atoms with E-state index in [9.17, 15) is 14.4 Å². The number of imide groups is 1. The number of hydrogen-bond acceptors (Lipinski definition) is 6. The summed E-state index contributed by atoms with van der Waals surface area (Å²) in [4.78, 5) is 35.8. The van der Waals surface area contributed by atoms with E-state index < -0.39 is 18.0 Å². The number of rotatable bonds is 5. The van der Waals surface area contributed by atoms with Gasteiger partial charge in [0.05, 0.1) is 12.0 Å². The molecule has 7 nitrogen and oxygen atoms in total. The van der Waals surface area contributed by atoms with E-state index in [4.69, 9.17) is 14.6 Å². The van der Waals surface area contributed by atoms with Gasteiger partial charge < -0.3 is 14.6 Å². The Hall–Kier alpha value is -2.48. The summed E-state index contributed by atoms with van der Waals surface area (Å²) in [6.45, 7) is 1.39. The third-order valence-electron chi connectivity index (χ3n) is 3.14. The normalized spacial score (nSPS) is 17.5. The van der Waals surface area contributed by atoms with Gasteiger partial charge in [0.2, 0.25) is 0 Å². The van der Waals surface area contributed by atoms with Crippen LogP contribution in [0.25, 0.3) is 6.08 Å². The van der Waals surface area contributed by atoms with Crippen molar-refractivity contribution in [1.29, 1.82) is 0 Å². The number of carboxylic acids is 1. The molecule has 2 rings (SSSR count). The number of ether oxygens (including phenoxy) is 2. The van der Waals surface area contributed by atoms with Crippen molar-refractivity contribution in [3.05, 3.63) is 28.7 Å².